The molecule has 2 amide bonds. The molecule has 1 unspecified atom stereocenters. The molecule has 1 aliphatic rings. The summed E-state index contributed by atoms with van der Waals surface area (Å²) in [5.74, 6) is -1.09. The van der Waals surface area contributed by atoms with Crippen molar-refractivity contribution in [1.29, 1.82) is 0 Å². The van der Waals surface area contributed by atoms with Crippen molar-refractivity contribution in [2.24, 2.45) is 0 Å². The van der Waals surface area contributed by atoms with Gasteiger partial charge in [-0.3, -0.25) is 19.2 Å². The zero-order valence-electron chi connectivity index (χ0n) is 27.0. The van der Waals surface area contributed by atoms with E-state index < -0.39 is 34.0 Å². The molecule has 1 fully saturated rings. The van der Waals surface area contributed by atoms with Crippen LogP contribution in [0.1, 0.15) is 34.3 Å². The lowest BCUT2D eigenvalue weighted by molar-refractivity contribution is -0.131. The van der Waals surface area contributed by atoms with E-state index in [1.807, 2.05) is 72.8 Å². The Hall–Kier alpha value is -5.03. The Morgan fingerprint density at radius 2 is 1.41 bits per heavy atom. The minimum absolute atomic E-state index is 0.0884. The molecule has 6 rings (SSSR count). The van der Waals surface area contributed by atoms with Crippen molar-refractivity contribution in [1.82, 2.24) is 15.5 Å². The number of aliphatic hydroxyl groups excluding tert-OH is 1. The van der Waals surface area contributed by atoms with Crippen molar-refractivity contribution >= 4 is 38.3 Å². The van der Waals surface area contributed by atoms with Crippen molar-refractivity contribution in [3.8, 4) is 0 Å². The third-order valence-corrected chi connectivity index (χ3v) is 10.2. The van der Waals surface area contributed by atoms with Gasteiger partial charge in [0.05, 0.1) is 10.9 Å². The maximum atomic E-state index is 13.5. The molecular weight excluding hydrogens is 637 g/mol. The number of benzene rings is 5. The Balaban J connectivity index is 1.11. The molecule has 0 bridgehead atoms. The lowest BCUT2D eigenvalue weighted by atomic mass is 9.98. The third kappa shape index (κ3) is 8.91. The number of sulfonamides is 1. The van der Waals surface area contributed by atoms with E-state index >= 15 is 0 Å². The van der Waals surface area contributed by atoms with Crippen LogP contribution in [0.15, 0.2) is 132 Å². The SMILES string of the molecule is O=C(N[C@@H](Cc1ccccc1)C(O)C(=O)NC1CCN(Cc2ccccc2)CC1)c1cccc(NS(=O)(=O)c2ccc3ccccc3c2)c1. The summed E-state index contributed by atoms with van der Waals surface area (Å²) in [6, 6.07) is 37.0. The second-order valence-electron chi connectivity index (χ2n) is 12.5. The summed E-state index contributed by atoms with van der Waals surface area (Å²) >= 11 is 0. The van der Waals surface area contributed by atoms with Crippen molar-refractivity contribution in [3.63, 3.8) is 0 Å². The Morgan fingerprint density at radius 1 is 0.755 bits per heavy atom. The van der Waals surface area contributed by atoms with Gasteiger partial charge >= 0.3 is 0 Å². The molecule has 0 aromatic heterocycles. The topological polar surface area (TPSA) is 128 Å². The molecule has 2 atom stereocenters. The number of hydrogen-bond acceptors (Lipinski definition) is 6. The summed E-state index contributed by atoms with van der Waals surface area (Å²) in [5.41, 5.74) is 2.46. The number of hydrogen-bond donors (Lipinski definition) is 4. The first kappa shape index (κ1) is 33.9. The molecule has 0 aliphatic carbocycles. The molecule has 10 heteroatoms. The number of nitrogens with one attached hydrogen (secondary N) is 3. The molecule has 0 spiro atoms. The van der Waals surface area contributed by atoms with E-state index in [9.17, 15) is 23.1 Å². The maximum absolute atomic E-state index is 13.5. The van der Waals surface area contributed by atoms with Gasteiger partial charge in [0.25, 0.3) is 21.8 Å². The van der Waals surface area contributed by atoms with E-state index in [1.165, 1.54) is 17.7 Å². The number of fused-ring (bicyclic) bond motifs is 1. The van der Waals surface area contributed by atoms with Crippen molar-refractivity contribution in [2.45, 2.75) is 48.9 Å². The zero-order chi connectivity index (χ0) is 34.2. The van der Waals surface area contributed by atoms with Crippen LogP contribution in [0, 0.1) is 0 Å². The van der Waals surface area contributed by atoms with Gasteiger partial charge in [0.15, 0.2) is 6.10 Å². The Kier molecular flexibility index (Phi) is 10.7. The molecule has 5 aromatic carbocycles. The quantitative estimate of drug-likeness (QED) is 0.145. The highest BCUT2D eigenvalue weighted by Gasteiger charge is 2.31. The van der Waals surface area contributed by atoms with E-state index in [-0.39, 0.29) is 28.6 Å². The fourth-order valence-electron chi connectivity index (χ4n) is 6.18. The molecule has 49 heavy (non-hydrogen) atoms. The molecule has 0 saturated carbocycles. The lowest BCUT2D eigenvalue weighted by Gasteiger charge is -2.33. The van der Waals surface area contributed by atoms with E-state index in [4.69, 9.17) is 0 Å². The number of carbonyl (C=O) groups is 2. The first-order valence-corrected chi connectivity index (χ1v) is 17.9. The number of piperidine rings is 1. The largest absolute Gasteiger partial charge is 0.381 e. The molecule has 0 radical (unpaired) electrons. The van der Waals surface area contributed by atoms with Crippen LogP contribution in [0.5, 0.6) is 0 Å². The molecule has 1 saturated heterocycles. The van der Waals surface area contributed by atoms with Gasteiger partial charge in [-0.25, -0.2) is 8.42 Å². The maximum Gasteiger partial charge on any atom is 0.261 e. The number of rotatable bonds is 12. The molecule has 9 nitrogen and oxygen atoms in total. The van der Waals surface area contributed by atoms with Crippen LogP contribution >= 0.6 is 0 Å². The monoisotopic (exact) mass is 676 g/mol. The number of aliphatic hydroxyl groups is 1. The third-order valence-electron chi connectivity index (χ3n) is 8.86. The molecule has 1 aliphatic heterocycles. The standard InChI is InChI=1S/C39H40N4O5S/c44-37(39(46)40-33-20-22-43(23-21-33)27-29-12-5-2-6-13-29)36(24-28-10-3-1-4-11-28)41-38(45)32-16-9-17-34(25-32)42-49(47,48)35-19-18-30-14-7-8-15-31(30)26-35/h1-19,25-26,33,36-37,42,44H,20-24,27H2,(H,40,46)(H,41,45)/t36-,37?/m0/s1. The average molecular weight is 677 g/mol. The van der Waals surface area contributed by atoms with Gasteiger partial charge in [0, 0.05) is 36.9 Å². The van der Waals surface area contributed by atoms with Gasteiger partial charge < -0.3 is 15.7 Å². The van der Waals surface area contributed by atoms with Crippen LogP contribution in [0.3, 0.4) is 0 Å². The Bertz CT molecular complexity index is 2000. The van der Waals surface area contributed by atoms with Gasteiger partial charge in [-0.1, -0.05) is 97.1 Å². The summed E-state index contributed by atoms with van der Waals surface area (Å²) in [5, 5.41) is 18.8. The highest BCUT2D eigenvalue weighted by molar-refractivity contribution is 7.92. The predicted octanol–water partition coefficient (Wildman–Crippen LogP) is 5.12. The molecular formula is C39H40N4O5S. The van der Waals surface area contributed by atoms with Crippen molar-refractivity contribution in [3.05, 3.63) is 144 Å². The van der Waals surface area contributed by atoms with Gasteiger partial charge in [-0.2, -0.15) is 0 Å². The summed E-state index contributed by atoms with van der Waals surface area (Å²) in [4.78, 5) is 29.4. The highest BCUT2D eigenvalue weighted by Crippen LogP contribution is 2.22. The van der Waals surface area contributed by atoms with Gasteiger partial charge in [0.1, 0.15) is 0 Å². The molecule has 4 N–H and O–H groups in total. The smallest absolute Gasteiger partial charge is 0.261 e. The fraction of sp³-hybridized carbons (Fsp3) is 0.231. The first-order chi connectivity index (χ1) is 23.7. The van der Waals surface area contributed by atoms with Crippen LogP contribution in [0.2, 0.25) is 0 Å². The summed E-state index contributed by atoms with van der Waals surface area (Å²) in [7, 11) is -3.95. The number of anilines is 1. The first-order valence-electron chi connectivity index (χ1n) is 16.4. The van der Waals surface area contributed by atoms with E-state index in [2.05, 4.69) is 32.4 Å². The zero-order valence-corrected chi connectivity index (χ0v) is 27.9. The second kappa shape index (κ2) is 15.5. The summed E-state index contributed by atoms with van der Waals surface area (Å²) in [6.07, 6.45) is 0.206. The van der Waals surface area contributed by atoms with Gasteiger partial charge in [-0.05, 0) is 71.5 Å². The molecule has 252 valence electrons. The number of carbonyl (C=O) groups excluding carboxylic acids is 2. The van der Waals surface area contributed by atoms with E-state index in [0.717, 1.165) is 48.8 Å². The minimum Gasteiger partial charge on any atom is -0.381 e. The van der Waals surface area contributed by atoms with Crippen LogP contribution in [0.25, 0.3) is 10.8 Å². The Morgan fingerprint density at radius 3 is 2.12 bits per heavy atom. The average Bonchev–Trinajstić information content (AvgIpc) is 3.12. The van der Waals surface area contributed by atoms with E-state index in [0.29, 0.717) is 0 Å². The number of nitrogens with zero attached hydrogens (tertiary/aromatic N) is 1. The lowest BCUT2D eigenvalue weighted by Crippen LogP contribution is -2.54. The van der Waals surface area contributed by atoms with E-state index in [1.54, 1.807) is 30.3 Å². The summed E-state index contributed by atoms with van der Waals surface area (Å²) in [6.45, 7) is 2.49. The van der Waals surface area contributed by atoms with Crippen LogP contribution < -0.4 is 15.4 Å². The van der Waals surface area contributed by atoms with Gasteiger partial charge in [0.2, 0.25) is 0 Å². The number of amides is 2. The number of likely N-dealkylation sites (tertiary alicyclic amines) is 1. The van der Waals surface area contributed by atoms with Crippen molar-refractivity contribution in [2.75, 3.05) is 17.8 Å². The highest BCUT2D eigenvalue weighted by atomic mass is 32.2. The summed E-state index contributed by atoms with van der Waals surface area (Å²) < 4.78 is 29.1. The van der Waals surface area contributed by atoms with Gasteiger partial charge in [-0.15, -0.1) is 0 Å². The minimum atomic E-state index is -3.95. The van der Waals surface area contributed by atoms with Crippen LogP contribution in [0.4, 0.5) is 5.69 Å². The molecule has 1 heterocycles. The Labute approximate surface area is 287 Å². The fourth-order valence-corrected chi connectivity index (χ4v) is 7.26. The predicted molar refractivity (Wildman–Crippen MR) is 191 cm³/mol. The van der Waals surface area contributed by atoms with Crippen LogP contribution in [-0.2, 0) is 27.8 Å². The second-order valence-corrected chi connectivity index (χ2v) is 14.1. The van der Waals surface area contributed by atoms with Crippen LogP contribution in [-0.4, -0.2) is 61.5 Å². The molecule has 5 aromatic rings. The van der Waals surface area contributed by atoms with Crippen molar-refractivity contribution < 1.29 is 23.1 Å². The normalized spacial score (nSPS) is 15.3.